The number of rotatable bonds is 3. The number of aromatic nitrogens is 2. The Morgan fingerprint density at radius 3 is 2.57 bits per heavy atom. The van der Waals surface area contributed by atoms with E-state index in [-0.39, 0.29) is 6.03 Å². The van der Waals surface area contributed by atoms with E-state index in [0.717, 1.165) is 32.4 Å². The highest BCUT2D eigenvalue weighted by molar-refractivity contribution is 7.09. The van der Waals surface area contributed by atoms with Gasteiger partial charge in [-0.25, -0.2) is 9.78 Å². The number of anilines is 1. The van der Waals surface area contributed by atoms with Crippen LogP contribution < -0.4 is 5.32 Å². The molecule has 1 fully saturated rings. The Bertz CT molecular complexity index is 659. The fourth-order valence-corrected chi connectivity index (χ4v) is 3.48. The zero-order valence-corrected chi connectivity index (χ0v) is 14.4. The summed E-state index contributed by atoms with van der Waals surface area (Å²) in [6, 6.07) is 8.71. The number of benzene rings is 1. The summed E-state index contributed by atoms with van der Waals surface area (Å²) >= 11 is 1.23. The quantitative estimate of drug-likeness (QED) is 0.934. The van der Waals surface area contributed by atoms with Gasteiger partial charge in [0.25, 0.3) is 0 Å². The largest absolute Gasteiger partial charge is 0.324 e. The zero-order chi connectivity index (χ0) is 16.2. The second-order valence-corrected chi connectivity index (χ2v) is 6.95. The number of hydrogen-bond acceptors (Lipinski definition) is 4. The Hall–Kier alpha value is -1.95. The number of likely N-dealkylation sites (tertiary alicyclic amines) is 1. The van der Waals surface area contributed by atoms with E-state index >= 15 is 0 Å². The predicted octanol–water partition coefficient (Wildman–Crippen LogP) is 3.64. The second kappa shape index (κ2) is 7.08. The maximum Gasteiger partial charge on any atom is 0.323 e. The van der Waals surface area contributed by atoms with E-state index < -0.39 is 0 Å². The average Bonchev–Trinajstić information content (AvgIpc) is 2.95. The maximum atomic E-state index is 12.2. The van der Waals surface area contributed by atoms with E-state index in [1.54, 1.807) is 0 Å². The van der Waals surface area contributed by atoms with Crippen molar-refractivity contribution in [3.05, 3.63) is 41.2 Å². The lowest BCUT2D eigenvalue weighted by Gasteiger charge is -2.31. The van der Waals surface area contributed by atoms with E-state index in [0.29, 0.717) is 16.9 Å². The molecule has 23 heavy (non-hydrogen) atoms. The first-order chi connectivity index (χ1) is 11.1. The number of piperidine rings is 1. The minimum absolute atomic E-state index is 0.0602. The molecule has 1 aromatic heterocycles. The van der Waals surface area contributed by atoms with Gasteiger partial charge in [0.05, 0.1) is 0 Å². The van der Waals surface area contributed by atoms with Crippen LogP contribution in [0, 0.1) is 19.8 Å². The molecule has 2 amide bonds. The van der Waals surface area contributed by atoms with Crippen LogP contribution in [0.15, 0.2) is 24.3 Å². The molecule has 1 aromatic carbocycles. The van der Waals surface area contributed by atoms with Gasteiger partial charge in [0.2, 0.25) is 5.13 Å². The van der Waals surface area contributed by atoms with Crippen LogP contribution in [0.25, 0.3) is 0 Å². The Balaban J connectivity index is 1.48. The third-order valence-corrected chi connectivity index (χ3v) is 5.01. The molecule has 0 bridgehead atoms. The molecular formula is C17H22N4OS. The SMILES string of the molecule is Cc1ccc(CC2CCN(C(=O)Nc3nc(C)ns3)CC2)cc1. The monoisotopic (exact) mass is 330 g/mol. The normalized spacial score (nSPS) is 15.7. The molecule has 0 saturated carbocycles. The standard InChI is InChI=1S/C17H22N4OS/c1-12-3-5-14(6-4-12)11-15-7-9-21(10-8-15)17(22)19-16-18-13(2)20-23-16/h3-6,15H,7-11H2,1-2H3,(H,18,19,20,22). The highest BCUT2D eigenvalue weighted by atomic mass is 32.1. The van der Waals surface area contributed by atoms with Gasteiger partial charge in [0, 0.05) is 24.6 Å². The minimum atomic E-state index is -0.0602. The Kier molecular flexibility index (Phi) is 4.91. The van der Waals surface area contributed by atoms with Gasteiger partial charge in [0.1, 0.15) is 5.82 Å². The maximum absolute atomic E-state index is 12.2. The van der Waals surface area contributed by atoms with Crippen LogP contribution >= 0.6 is 11.5 Å². The summed E-state index contributed by atoms with van der Waals surface area (Å²) in [5, 5.41) is 3.41. The molecule has 0 unspecified atom stereocenters. The summed E-state index contributed by atoms with van der Waals surface area (Å²) in [4.78, 5) is 18.3. The highest BCUT2D eigenvalue weighted by Gasteiger charge is 2.23. The molecule has 6 heteroatoms. The summed E-state index contributed by atoms with van der Waals surface area (Å²) < 4.78 is 4.08. The molecule has 5 nitrogen and oxygen atoms in total. The van der Waals surface area contributed by atoms with Gasteiger partial charge < -0.3 is 4.90 Å². The predicted molar refractivity (Wildman–Crippen MR) is 92.8 cm³/mol. The van der Waals surface area contributed by atoms with Crippen molar-refractivity contribution in [2.75, 3.05) is 18.4 Å². The van der Waals surface area contributed by atoms with Crippen molar-refractivity contribution >= 4 is 22.7 Å². The molecule has 0 aliphatic carbocycles. The molecule has 1 aliphatic rings. The molecular weight excluding hydrogens is 308 g/mol. The molecule has 0 spiro atoms. The van der Waals surface area contributed by atoms with Crippen LogP contribution in [-0.4, -0.2) is 33.4 Å². The molecule has 1 aliphatic heterocycles. The first-order valence-electron chi connectivity index (χ1n) is 8.02. The van der Waals surface area contributed by atoms with E-state index in [1.165, 1.54) is 22.7 Å². The first kappa shape index (κ1) is 15.9. The first-order valence-corrected chi connectivity index (χ1v) is 8.79. The van der Waals surface area contributed by atoms with Crippen LogP contribution in [0.5, 0.6) is 0 Å². The summed E-state index contributed by atoms with van der Waals surface area (Å²) in [6.07, 6.45) is 3.21. The number of amides is 2. The van der Waals surface area contributed by atoms with Gasteiger partial charge in [-0.05, 0) is 44.6 Å². The third kappa shape index (κ3) is 4.28. The number of urea groups is 1. The summed E-state index contributed by atoms with van der Waals surface area (Å²) in [5.41, 5.74) is 2.69. The van der Waals surface area contributed by atoms with Crippen LogP contribution in [0.2, 0.25) is 0 Å². The topological polar surface area (TPSA) is 58.1 Å². The second-order valence-electron chi connectivity index (χ2n) is 6.20. The lowest BCUT2D eigenvalue weighted by molar-refractivity contribution is 0.182. The molecule has 122 valence electrons. The molecule has 2 heterocycles. The lowest BCUT2D eigenvalue weighted by atomic mass is 9.90. The fraction of sp³-hybridized carbons (Fsp3) is 0.471. The van der Waals surface area contributed by atoms with Gasteiger partial charge in [-0.3, -0.25) is 5.32 Å². The fourth-order valence-electron chi connectivity index (χ4n) is 2.92. The van der Waals surface area contributed by atoms with Crippen LogP contribution in [0.4, 0.5) is 9.93 Å². The Morgan fingerprint density at radius 1 is 1.26 bits per heavy atom. The van der Waals surface area contributed by atoms with Gasteiger partial charge in [-0.15, -0.1) is 0 Å². The molecule has 2 aromatic rings. The Morgan fingerprint density at radius 2 is 1.96 bits per heavy atom. The lowest BCUT2D eigenvalue weighted by Crippen LogP contribution is -2.41. The van der Waals surface area contributed by atoms with Crippen molar-refractivity contribution in [2.45, 2.75) is 33.1 Å². The van der Waals surface area contributed by atoms with E-state index in [9.17, 15) is 4.79 Å². The molecule has 1 saturated heterocycles. The van der Waals surface area contributed by atoms with E-state index in [1.807, 2.05) is 11.8 Å². The van der Waals surface area contributed by atoms with Crippen LogP contribution in [0.1, 0.15) is 29.8 Å². The van der Waals surface area contributed by atoms with Crippen molar-refractivity contribution in [2.24, 2.45) is 5.92 Å². The van der Waals surface area contributed by atoms with Crippen LogP contribution in [0.3, 0.4) is 0 Å². The van der Waals surface area contributed by atoms with Crippen molar-refractivity contribution < 1.29 is 4.79 Å². The van der Waals surface area contributed by atoms with Gasteiger partial charge in [-0.2, -0.15) is 4.37 Å². The third-order valence-electron chi connectivity index (χ3n) is 4.29. The summed E-state index contributed by atoms with van der Waals surface area (Å²) in [6.45, 7) is 5.54. The average molecular weight is 330 g/mol. The van der Waals surface area contributed by atoms with Gasteiger partial charge in [0.15, 0.2) is 0 Å². The van der Waals surface area contributed by atoms with Crippen LogP contribution in [-0.2, 0) is 6.42 Å². The highest BCUT2D eigenvalue weighted by Crippen LogP contribution is 2.22. The van der Waals surface area contributed by atoms with Crippen molar-refractivity contribution in [1.82, 2.24) is 14.3 Å². The number of hydrogen-bond donors (Lipinski definition) is 1. The molecule has 1 N–H and O–H groups in total. The zero-order valence-electron chi connectivity index (χ0n) is 13.6. The van der Waals surface area contributed by atoms with E-state index in [2.05, 4.69) is 45.9 Å². The number of carbonyl (C=O) groups excluding carboxylic acids is 1. The number of carbonyl (C=O) groups is 1. The van der Waals surface area contributed by atoms with Gasteiger partial charge in [-0.1, -0.05) is 29.8 Å². The molecule has 3 rings (SSSR count). The molecule has 0 radical (unpaired) electrons. The number of aryl methyl sites for hydroxylation is 2. The number of nitrogens with one attached hydrogen (secondary N) is 1. The smallest absolute Gasteiger partial charge is 0.323 e. The summed E-state index contributed by atoms with van der Waals surface area (Å²) in [5.74, 6) is 1.35. The van der Waals surface area contributed by atoms with Crippen molar-refractivity contribution in [3.63, 3.8) is 0 Å². The Labute approximate surface area is 140 Å². The van der Waals surface area contributed by atoms with Crippen molar-refractivity contribution in [3.8, 4) is 0 Å². The van der Waals surface area contributed by atoms with E-state index in [4.69, 9.17) is 0 Å². The van der Waals surface area contributed by atoms with Gasteiger partial charge >= 0.3 is 6.03 Å². The number of nitrogens with zero attached hydrogens (tertiary/aromatic N) is 3. The molecule has 0 atom stereocenters. The minimum Gasteiger partial charge on any atom is -0.324 e. The summed E-state index contributed by atoms with van der Waals surface area (Å²) in [7, 11) is 0. The van der Waals surface area contributed by atoms with Crippen molar-refractivity contribution in [1.29, 1.82) is 0 Å².